The van der Waals surface area contributed by atoms with Gasteiger partial charge < -0.3 is 15.0 Å². The van der Waals surface area contributed by atoms with Gasteiger partial charge in [0, 0.05) is 50.6 Å². The van der Waals surface area contributed by atoms with E-state index in [0.29, 0.717) is 19.5 Å². The maximum Gasteiger partial charge on any atom is 0.227 e. The Hall–Kier alpha value is -2.83. The Kier molecular flexibility index (Phi) is 5.78. The highest BCUT2D eigenvalue weighted by atomic mass is 16.5. The normalized spacial score (nSPS) is 16.8. The van der Waals surface area contributed by atoms with Gasteiger partial charge in [-0.2, -0.15) is 5.10 Å². The molecule has 1 aliphatic heterocycles. The minimum atomic E-state index is -0.323. The van der Waals surface area contributed by atoms with Crippen LogP contribution in [0.3, 0.4) is 0 Å². The standard InChI is InChI=1S/C20H26N4O3/c1-14(2)27-18-6-4-17(5-7-18)24-13-15(12-19(24)25)20(26)21-10-8-16-9-11-22-23(16)3/h4-7,9,11,14-15H,8,10,12-13H2,1-3H3,(H,21,26)/t15-/m0/s1. The quantitative estimate of drug-likeness (QED) is 0.808. The lowest BCUT2D eigenvalue weighted by molar-refractivity contribution is -0.126. The molecule has 1 aliphatic rings. The van der Waals surface area contributed by atoms with Gasteiger partial charge in [-0.15, -0.1) is 0 Å². The molecule has 144 valence electrons. The minimum absolute atomic E-state index is 0.0284. The second-order valence-electron chi connectivity index (χ2n) is 7.05. The third-order valence-corrected chi connectivity index (χ3v) is 4.62. The number of anilines is 1. The van der Waals surface area contributed by atoms with Crippen molar-refractivity contribution in [1.29, 1.82) is 0 Å². The molecule has 3 rings (SSSR count). The molecule has 0 radical (unpaired) electrons. The van der Waals surface area contributed by atoms with Crippen LogP contribution in [-0.4, -0.2) is 40.8 Å². The number of hydrogen-bond acceptors (Lipinski definition) is 4. The molecule has 0 saturated carbocycles. The third kappa shape index (κ3) is 4.67. The number of nitrogens with zero attached hydrogens (tertiary/aromatic N) is 3. The molecular formula is C20H26N4O3. The van der Waals surface area contributed by atoms with Gasteiger partial charge in [0.15, 0.2) is 0 Å². The molecule has 1 saturated heterocycles. The highest BCUT2D eigenvalue weighted by molar-refractivity contribution is 6.00. The lowest BCUT2D eigenvalue weighted by atomic mass is 10.1. The summed E-state index contributed by atoms with van der Waals surface area (Å²) in [7, 11) is 1.88. The van der Waals surface area contributed by atoms with Crippen molar-refractivity contribution in [3.8, 4) is 5.75 Å². The van der Waals surface area contributed by atoms with Crippen molar-refractivity contribution < 1.29 is 14.3 Å². The van der Waals surface area contributed by atoms with Gasteiger partial charge in [0.05, 0.1) is 12.0 Å². The van der Waals surface area contributed by atoms with Crippen LogP contribution >= 0.6 is 0 Å². The highest BCUT2D eigenvalue weighted by Gasteiger charge is 2.34. The average molecular weight is 370 g/mol. The summed E-state index contributed by atoms with van der Waals surface area (Å²) < 4.78 is 7.42. The molecule has 7 nitrogen and oxygen atoms in total. The summed E-state index contributed by atoms with van der Waals surface area (Å²) in [4.78, 5) is 26.5. The molecule has 1 N–H and O–H groups in total. The van der Waals surface area contributed by atoms with Crippen molar-refractivity contribution in [2.75, 3.05) is 18.0 Å². The van der Waals surface area contributed by atoms with Gasteiger partial charge in [0.25, 0.3) is 0 Å². The largest absolute Gasteiger partial charge is 0.491 e. The summed E-state index contributed by atoms with van der Waals surface area (Å²) in [5.41, 5.74) is 1.85. The van der Waals surface area contributed by atoms with Crippen LogP contribution in [0.25, 0.3) is 0 Å². The predicted octanol–water partition coefficient (Wildman–Crippen LogP) is 1.92. The predicted molar refractivity (Wildman–Crippen MR) is 103 cm³/mol. The van der Waals surface area contributed by atoms with Crippen LogP contribution < -0.4 is 15.0 Å². The molecule has 2 heterocycles. The molecule has 2 aromatic rings. The second-order valence-corrected chi connectivity index (χ2v) is 7.05. The third-order valence-electron chi connectivity index (χ3n) is 4.62. The number of carbonyl (C=O) groups is 2. The van der Waals surface area contributed by atoms with Crippen LogP contribution in [0.15, 0.2) is 36.5 Å². The Balaban J connectivity index is 1.53. The number of aryl methyl sites for hydroxylation is 1. The first-order valence-corrected chi connectivity index (χ1v) is 9.25. The molecule has 0 unspecified atom stereocenters. The van der Waals surface area contributed by atoms with Crippen molar-refractivity contribution in [3.05, 3.63) is 42.2 Å². The van der Waals surface area contributed by atoms with E-state index >= 15 is 0 Å². The Labute approximate surface area is 159 Å². The van der Waals surface area contributed by atoms with E-state index in [1.54, 1.807) is 15.8 Å². The molecule has 27 heavy (non-hydrogen) atoms. The minimum Gasteiger partial charge on any atom is -0.491 e. The molecule has 0 spiro atoms. The van der Waals surface area contributed by atoms with Crippen molar-refractivity contribution in [3.63, 3.8) is 0 Å². The first kappa shape index (κ1) is 18.9. The fourth-order valence-electron chi connectivity index (χ4n) is 3.21. The SMILES string of the molecule is CC(C)Oc1ccc(N2C[C@@H](C(=O)NCCc3ccnn3C)CC2=O)cc1. The molecule has 0 aliphatic carbocycles. The Morgan fingerprint density at radius 3 is 2.67 bits per heavy atom. The van der Waals surface area contributed by atoms with Crippen LogP contribution in [0.5, 0.6) is 5.75 Å². The molecule has 0 bridgehead atoms. The topological polar surface area (TPSA) is 76.5 Å². The molecule has 1 aromatic carbocycles. The smallest absolute Gasteiger partial charge is 0.227 e. The summed E-state index contributed by atoms with van der Waals surface area (Å²) in [5, 5.41) is 7.05. The van der Waals surface area contributed by atoms with E-state index in [1.165, 1.54) is 0 Å². The van der Waals surface area contributed by atoms with E-state index in [-0.39, 0.29) is 30.3 Å². The maximum absolute atomic E-state index is 12.4. The van der Waals surface area contributed by atoms with E-state index in [0.717, 1.165) is 17.1 Å². The zero-order valence-corrected chi connectivity index (χ0v) is 16.0. The average Bonchev–Trinajstić information content (AvgIpc) is 3.21. The lowest BCUT2D eigenvalue weighted by Gasteiger charge is -2.18. The van der Waals surface area contributed by atoms with E-state index in [9.17, 15) is 9.59 Å². The fourth-order valence-corrected chi connectivity index (χ4v) is 3.21. The van der Waals surface area contributed by atoms with Crippen molar-refractivity contribution in [1.82, 2.24) is 15.1 Å². The van der Waals surface area contributed by atoms with Gasteiger partial charge in [-0.05, 0) is 44.2 Å². The summed E-state index contributed by atoms with van der Waals surface area (Å²) in [6.07, 6.45) is 2.79. The van der Waals surface area contributed by atoms with Gasteiger partial charge in [0.1, 0.15) is 5.75 Å². The zero-order chi connectivity index (χ0) is 19.4. The number of rotatable bonds is 7. The van der Waals surface area contributed by atoms with Gasteiger partial charge >= 0.3 is 0 Å². The molecule has 1 atom stereocenters. The fraction of sp³-hybridized carbons (Fsp3) is 0.450. The van der Waals surface area contributed by atoms with E-state index in [2.05, 4.69) is 10.4 Å². The lowest BCUT2D eigenvalue weighted by Crippen LogP contribution is -2.34. The number of hydrogen-bond donors (Lipinski definition) is 1. The van der Waals surface area contributed by atoms with Crippen LogP contribution in [-0.2, 0) is 23.1 Å². The first-order valence-electron chi connectivity index (χ1n) is 9.25. The highest BCUT2D eigenvalue weighted by Crippen LogP contribution is 2.27. The molecule has 1 aromatic heterocycles. The van der Waals surface area contributed by atoms with Crippen LogP contribution in [0.1, 0.15) is 26.0 Å². The number of nitrogens with one attached hydrogen (secondary N) is 1. The van der Waals surface area contributed by atoms with Crippen molar-refractivity contribution in [2.24, 2.45) is 13.0 Å². The second kappa shape index (κ2) is 8.24. The van der Waals surface area contributed by atoms with E-state index in [1.807, 2.05) is 51.2 Å². The van der Waals surface area contributed by atoms with Gasteiger partial charge in [0.2, 0.25) is 11.8 Å². The Bertz CT molecular complexity index is 798. The first-order chi connectivity index (χ1) is 12.9. The Morgan fingerprint density at radius 2 is 2.04 bits per heavy atom. The Morgan fingerprint density at radius 1 is 1.30 bits per heavy atom. The summed E-state index contributed by atoms with van der Waals surface area (Å²) in [6, 6.07) is 9.35. The van der Waals surface area contributed by atoms with Crippen molar-refractivity contribution >= 4 is 17.5 Å². The summed E-state index contributed by atoms with van der Waals surface area (Å²) in [5.74, 6) is 0.340. The van der Waals surface area contributed by atoms with Crippen LogP contribution in [0.2, 0.25) is 0 Å². The monoisotopic (exact) mass is 370 g/mol. The van der Waals surface area contributed by atoms with Crippen LogP contribution in [0, 0.1) is 5.92 Å². The van der Waals surface area contributed by atoms with Crippen molar-refractivity contribution in [2.45, 2.75) is 32.8 Å². The van der Waals surface area contributed by atoms with Gasteiger partial charge in [-0.25, -0.2) is 0 Å². The van der Waals surface area contributed by atoms with E-state index in [4.69, 9.17) is 4.74 Å². The number of aromatic nitrogens is 2. The van der Waals surface area contributed by atoms with Crippen LogP contribution in [0.4, 0.5) is 5.69 Å². The van der Waals surface area contributed by atoms with E-state index < -0.39 is 0 Å². The zero-order valence-electron chi connectivity index (χ0n) is 16.0. The van der Waals surface area contributed by atoms with Gasteiger partial charge in [-0.1, -0.05) is 0 Å². The molecule has 1 fully saturated rings. The number of ether oxygens (including phenoxy) is 1. The number of benzene rings is 1. The number of amides is 2. The van der Waals surface area contributed by atoms with Gasteiger partial charge in [-0.3, -0.25) is 14.3 Å². The summed E-state index contributed by atoms with van der Waals surface area (Å²) in [6.45, 7) is 4.87. The molecule has 7 heteroatoms. The molecule has 2 amide bonds. The maximum atomic E-state index is 12.4. The molecular weight excluding hydrogens is 344 g/mol. The number of carbonyl (C=O) groups excluding carboxylic acids is 2. The summed E-state index contributed by atoms with van der Waals surface area (Å²) >= 11 is 0.